The molecule has 1 unspecified atom stereocenters. The number of aliphatic carboxylic acids is 1. The monoisotopic (exact) mass is 270 g/mol. The van der Waals surface area contributed by atoms with Crippen LogP contribution in [0.15, 0.2) is 0 Å². The molecule has 2 heterocycles. The number of likely N-dealkylation sites (tertiary alicyclic amines) is 1. The Bertz CT molecular complexity index is 378. The van der Waals surface area contributed by atoms with E-state index in [4.69, 9.17) is 9.84 Å². The van der Waals surface area contributed by atoms with Crippen LogP contribution in [0.2, 0.25) is 0 Å². The van der Waals surface area contributed by atoms with Gasteiger partial charge >= 0.3 is 5.97 Å². The van der Waals surface area contributed by atoms with E-state index in [9.17, 15) is 14.4 Å². The van der Waals surface area contributed by atoms with Gasteiger partial charge in [-0.05, 0) is 12.8 Å². The molecule has 0 bridgehead atoms. The molecule has 2 fully saturated rings. The van der Waals surface area contributed by atoms with Gasteiger partial charge in [-0.3, -0.25) is 14.4 Å². The molecule has 0 spiro atoms. The second-order valence-electron chi connectivity index (χ2n) is 4.75. The number of carboxylic acids is 1. The summed E-state index contributed by atoms with van der Waals surface area (Å²) in [5.74, 6) is -1.72. The van der Waals surface area contributed by atoms with Crippen LogP contribution in [-0.4, -0.2) is 71.6 Å². The molecule has 0 aromatic rings. The maximum absolute atomic E-state index is 12.3. The summed E-state index contributed by atoms with van der Waals surface area (Å²) in [5.41, 5.74) is 0. The summed E-state index contributed by atoms with van der Waals surface area (Å²) in [6.45, 7) is 2.57. The van der Waals surface area contributed by atoms with Gasteiger partial charge in [-0.15, -0.1) is 0 Å². The fourth-order valence-electron chi connectivity index (χ4n) is 2.55. The van der Waals surface area contributed by atoms with Gasteiger partial charge in [0.15, 0.2) is 0 Å². The molecule has 0 aromatic heterocycles. The van der Waals surface area contributed by atoms with Gasteiger partial charge in [0.1, 0.15) is 12.5 Å². The molecule has 0 radical (unpaired) electrons. The Morgan fingerprint density at radius 1 is 1.16 bits per heavy atom. The number of hydrogen-bond donors (Lipinski definition) is 1. The molecule has 19 heavy (non-hydrogen) atoms. The number of rotatable bonds is 3. The van der Waals surface area contributed by atoms with Crippen LogP contribution in [0, 0.1) is 0 Å². The van der Waals surface area contributed by atoms with Gasteiger partial charge in [0, 0.05) is 19.6 Å². The molecule has 2 aliphatic heterocycles. The highest BCUT2D eigenvalue weighted by Gasteiger charge is 2.37. The van der Waals surface area contributed by atoms with Crippen molar-refractivity contribution >= 4 is 17.8 Å². The van der Waals surface area contributed by atoms with E-state index < -0.39 is 24.3 Å². The minimum Gasteiger partial charge on any atom is -0.481 e. The Morgan fingerprint density at radius 3 is 2.47 bits per heavy atom. The molecule has 2 rings (SSSR count). The molecule has 1 atom stereocenters. The molecule has 106 valence electrons. The lowest BCUT2D eigenvalue weighted by molar-refractivity contribution is -0.150. The zero-order valence-corrected chi connectivity index (χ0v) is 10.7. The van der Waals surface area contributed by atoms with Crippen molar-refractivity contribution in [2.75, 3.05) is 32.8 Å². The van der Waals surface area contributed by atoms with Crippen LogP contribution in [0.25, 0.3) is 0 Å². The molecular formula is C12H18N2O5. The van der Waals surface area contributed by atoms with Gasteiger partial charge < -0.3 is 19.6 Å². The maximum Gasteiger partial charge on any atom is 0.312 e. The third-order valence-electron chi connectivity index (χ3n) is 3.48. The van der Waals surface area contributed by atoms with E-state index in [1.165, 1.54) is 4.90 Å². The van der Waals surface area contributed by atoms with Crippen molar-refractivity contribution in [2.24, 2.45) is 0 Å². The van der Waals surface area contributed by atoms with Crippen molar-refractivity contribution in [1.29, 1.82) is 0 Å². The molecule has 2 saturated heterocycles. The van der Waals surface area contributed by atoms with Crippen molar-refractivity contribution in [1.82, 2.24) is 9.80 Å². The Balaban J connectivity index is 1.99. The standard InChI is InChI=1S/C12H18N2O5/c15-10(8-11(16)17)14-3-1-2-9(14)12(18)13-4-6-19-7-5-13/h9H,1-8H2,(H,16,17). The molecule has 0 aliphatic carbocycles. The van der Waals surface area contributed by atoms with E-state index in [0.29, 0.717) is 39.3 Å². The van der Waals surface area contributed by atoms with E-state index >= 15 is 0 Å². The normalized spacial score (nSPS) is 23.5. The molecule has 0 saturated carbocycles. The Kier molecular flexibility index (Phi) is 4.36. The second-order valence-corrected chi connectivity index (χ2v) is 4.75. The summed E-state index contributed by atoms with van der Waals surface area (Å²) in [6, 6.07) is -0.495. The third kappa shape index (κ3) is 3.23. The van der Waals surface area contributed by atoms with Crippen LogP contribution >= 0.6 is 0 Å². The summed E-state index contributed by atoms with van der Waals surface area (Å²) in [4.78, 5) is 37.8. The predicted octanol–water partition coefficient (Wildman–Crippen LogP) is -0.689. The number of hydrogen-bond acceptors (Lipinski definition) is 4. The van der Waals surface area contributed by atoms with E-state index in [2.05, 4.69) is 0 Å². The lowest BCUT2D eigenvalue weighted by atomic mass is 10.1. The first-order chi connectivity index (χ1) is 9.09. The summed E-state index contributed by atoms with van der Waals surface area (Å²) in [5, 5.41) is 8.66. The van der Waals surface area contributed by atoms with E-state index in [-0.39, 0.29) is 5.91 Å². The molecule has 1 N–H and O–H groups in total. The fraction of sp³-hybridized carbons (Fsp3) is 0.750. The van der Waals surface area contributed by atoms with Crippen LogP contribution in [0.1, 0.15) is 19.3 Å². The number of carbonyl (C=O) groups excluding carboxylic acids is 2. The van der Waals surface area contributed by atoms with Crippen LogP contribution in [0.4, 0.5) is 0 Å². The van der Waals surface area contributed by atoms with E-state index in [0.717, 1.165) is 6.42 Å². The van der Waals surface area contributed by atoms with Gasteiger partial charge in [0.25, 0.3) is 0 Å². The van der Waals surface area contributed by atoms with E-state index in [1.54, 1.807) is 4.90 Å². The Hall–Kier alpha value is -1.63. The number of amides is 2. The highest BCUT2D eigenvalue weighted by atomic mass is 16.5. The number of carbonyl (C=O) groups is 3. The third-order valence-corrected chi connectivity index (χ3v) is 3.48. The van der Waals surface area contributed by atoms with Crippen molar-refractivity contribution in [3.05, 3.63) is 0 Å². The van der Waals surface area contributed by atoms with Gasteiger partial charge in [-0.1, -0.05) is 0 Å². The van der Waals surface area contributed by atoms with Gasteiger partial charge in [-0.25, -0.2) is 0 Å². The average Bonchev–Trinajstić information content (AvgIpc) is 2.87. The molecule has 7 nitrogen and oxygen atoms in total. The van der Waals surface area contributed by atoms with Crippen LogP contribution in [-0.2, 0) is 19.1 Å². The van der Waals surface area contributed by atoms with Gasteiger partial charge in [0.2, 0.25) is 11.8 Å². The largest absolute Gasteiger partial charge is 0.481 e. The first-order valence-electron chi connectivity index (χ1n) is 6.47. The zero-order valence-electron chi connectivity index (χ0n) is 10.7. The molecular weight excluding hydrogens is 252 g/mol. The SMILES string of the molecule is O=C(O)CC(=O)N1CCCC1C(=O)N1CCOCC1. The molecule has 2 aliphatic rings. The van der Waals surface area contributed by atoms with E-state index in [1.807, 2.05) is 0 Å². The molecule has 2 amide bonds. The first-order valence-corrected chi connectivity index (χ1v) is 6.47. The number of carboxylic acid groups (broad SMARTS) is 1. The Morgan fingerprint density at radius 2 is 1.84 bits per heavy atom. The summed E-state index contributed by atoms with van der Waals surface area (Å²) < 4.78 is 5.19. The molecule has 0 aromatic carbocycles. The average molecular weight is 270 g/mol. The quantitative estimate of drug-likeness (QED) is 0.686. The zero-order chi connectivity index (χ0) is 13.8. The number of morpholine rings is 1. The highest BCUT2D eigenvalue weighted by molar-refractivity contribution is 5.96. The first kappa shape index (κ1) is 13.8. The van der Waals surface area contributed by atoms with Crippen molar-refractivity contribution in [3.8, 4) is 0 Å². The second kappa shape index (κ2) is 6.01. The van der Waals surface area contributed by atoms with Gasteiger partial charge in [-0.2, -0.15) is 0 Å². The molecule has 7 heteroatoms. The van der Waals surface area contributed by atoms with Crippen LogP contribution in [0.3, 0.4) is 0 Å². The van der Waals surface area contributed by atoms with Gasteiger partial charge in [0.05, 0.1) is 13.2 Å². The smallest absolute Gasteiger partial charge is 0.312 e. The lowest BCUT2D eigenvalue weighted by Gasteiger charge is -2.32. The number of nitrogens with zero attached hydrogens (tertiary/aromatic N) is 2. The summed E-state index contributed by atoms with van der Waals surface area (Å²) in [7, 11) is 0. The minimum atomic E-state index is -1.16. The minimum absolute atomic E-state index is 0.0838. The summed E-state index contributed by atoms with van der Waals surface area (Å²) >= 11 is 0. The lowest BCUT2D eigenvalue weighted by Crippen LogP contribution is -2.51. The Labute approximate surface area is 111 Å². The van der Waals surface area contributed by atoms with Crippen molar-refractivity contribution < 1.29 is 24.2 Å². The topological polar surface area (TPSA) is 87.2 Å². The summed E-state index contributed by atoms with van der Waals surface area (Å²) in [6.07, 6.45) is 0.806. The van der Waals surface area contributed by atoms with Crippen LogP contribution < -0.4 is 0 Å². The highest BCUT2D eigenvalue weighted by Crippen LogP contribution is 2.20. The predicted molar refractivity (Wildman–Crippen MR) is 64.4 cm³/mol. The van der Waals surface area contributed by atoms with Crippen molar-refractivity contribution in [3.63, 3.8) is 0 Å². The fourth-order valence-corrected chi connectivity index (χ4v) is 2.55. The number of ether oxygens (including phenoxy) is 1. The maximum atomic E-state index is 12.3. The van der Waals surface area contributed by atoms with Crippen LogP contribution in [0.5, 0.6) is 0 Å². The van der Waals surface area contributed by atoms with Crippen molar-refractivity contribution in [2.45, 2.75) is 25.3 Å².